The standard InChI is InChI=1S/C12H17Cl2NO2/c1-9(15-4-6-17-7-5-16)11-3-2-10(13)8-12(11)14/h2-3,8-9,15-16H,4-7H2,1H3. The zero-order valence-corrected chi connectivity index (χ0v) is 11.3. The number of rotatable bonds is 7. The maximum absolute atomic E-state index is 8.54. The number of aliphatic hydroxyl groups excluding tert-OH is 1. The highest BCUT2D eigenvalue weighted by molar-refractivity contribution is 6.35. The van der Waals surface area contributed by atoms with Gasteiger partial charge in [0.2, 0.25) is 0 Å². The third kappa shape index (κ3) is 5.23. The predicted molar refractivity (Wildman–Crippen MR) is 70.8 cm³/mol. The van der Waals surface area contributed by atoms with Crippen molar-refractivity contribution in [3.63, 3.8) is 0 Å². The van der Waals surface area contributed by atoms with Crippen LogP contribution in [0.1, 0.15) is 18.5 Å². The van der Waals surface area contributed by atoms with Gasteiger partial charge in [0.1, 0.15) is 0 Å². The maximum Gasteiger partial charge on any atom is 0.0698 e. The van der Waals surface area contributed by atoms with E-state index in [9.17, 15) is 0 Å². The minimum atomic E-state index is 0.0541. The van der Waals surface area contributed by atoms with Crippen LogP contribution < -0.4 is 5.32 Å². The Bertz CT molecular complexity index is 347. The smallest absolute Gasteiger partial charge is 0.0698 e. The summed E-state index contributed by atoms with van der Waals surface area (Å²) in [7, 11) is 0. The molecular formula is C12H17Cl2NO2. The zero-order valence-electron chi connectivity index (χ0n) is 9.75. The van der Waals surface area contributed by atoms with Gasteiger partial charge in [0.15, 0.2) is 0 Å². The summed E-state index contributed by atoms with van der Waals surface area (Å²) in [5.74, 6) is 0. The molecule has 1 atom stereocenters. The van der Waals surface area contributed by atoms with E-state index >= 15 is 0 Å². The number of aliphatic hydroxyl groups is 1. The molecule has 0 bridgehead atoms. The first-order valence-electron chi connectivity index (χ1n) is 5.52. The molecule has 96 valence electrons. The third-order valence-electron chi connectivity index (χ3n) is 2.36. The van der Waals surface area contributed by atoms with E-state index in [4.69, 9.17) is 33.0 Å². The monoisotopic (exact) mass is 277 g/mol. The summed E-state index contributed by atoms with van der Waals surface area (Å²) in [6.45, 7) is 3.73. The van der Waals surface area contributed by atoms with Crippen LogP contribution in [0.2, 0.25) is 10.0 Å². The van der Waals surface area contributed by atoms with Crippen LogP contribution in [0.3, 0.4) is 0 Å². The molecule has 2 N–H and O–H groups in total. The zero-order chi connectivity index (χ0) is 12.7. The minimum Gasteiger partial charge on any atom is -0.394 e. The molecule has 0 heterocycles. The lowest BCUT2D eigenvalue weighted by atomic mass is 10.1. The quantitative estimate of drug-likeness (QED) is 0.753. The lowest BCUT2D eigenvalue weighted by molar-refractivity contribution is 0.0928. The van der Waals surface area contributed by atoms with Crippen LogP contribution in [0.5, 0.6) is 0 Å². The van der Waals surface area contributed by atoms with Gasteiger partial charge in [0, 0.05) is 22.6 Å². The number of hydrogen-bond acceptors (Lipinski definition) is 3. The Kier molecular flexibility index (Phi) is 6.85. The van der Waals surface area contributed by atoms with Crippen molar-refractivity contribution < 1.29 is 9.84 Å². The normalized spacial score (nSPS) is 12.7. The molecule has 0 fully saturated rings. The van der Waals surface area contributed by atoms with Crippen molar-refractivity contribution in [2.24, 2.45) is 0 Å². The van der Waals surface area contributed by atoms with Crippen LogP contribution in [0, 0.1) is 0 Å². The van der Waals surface area contributed by atoms with Gasteiger partial charge in [-0.05, 0) is 24.6 Å². The Morgan fingerprint density at radius 2 is 2.12 bits per heavy atom. The number of halogens is 2. The maximum atomic E-state index is 8.54. The van der Waals surface area contributed by atoms with E-state index in [0.29, 0.717) is 29.8 Å². The molecule has 0 aliphatic heterocycles. The average molecular weight is 278 g/mol. The fourth-order valence-corrected chi connectivity index (χ4v) is 2.05. The van der Waals surface area contributed by atoms with E-state index in [1.165, 1.54) is 0 Å². The molecule has 0 saturated heterocycles. The molecule has 3 nitrogen and oxygen atoms in total. The van der Waals surface area contributed by atoms with Crippen LogP contribution in [0.25, 0.3) is 0 Å². The van der Waals surface area contributed by atoms with E-state index in [1.807, 2.05) is 19.1 Å². The van der Waals surface area contributed by atoms with Gasteiger partial charge in [-0.15, -0.1) is 0 Å². The van der Waals surface area contributed by atoms with Gasteiger partial charge >= 0.3 is 0 Å². The van der Waals surface area contributed by atoms with Crippen molar-refractivity contribution in [3.8, 4) is 0 Å². The van der Waals surface area contributed by atoms with Gasteiger partial charge in [-0.3, -0.25) is 0 Å². The molecule has 0 aromatic heterocycles. The molecule has 5 heteroatoms. The van der Waals surface area contributed by atoms with Gasteiger partial charge in [-0.2, -0.15) is 0 Å². The van der Waals surface area contributed by atoms with Crippen LogP contribution in [0.15, 0.2) is 18.2 Å². The molecule has 1 unspecified atom stereocenters. The van der Waals surface area contributed by atoms with Gasteiger partial charge in [-0.25, -0.2) is 0 Å². The van der Waals surface area contributed by atoms with Crippen molar-refractivity contribution in [3.05, 3.63) is 33.8 Å². The van der Waals surface area contributed by atoms with Gasteiger partial charge in [-0.1, -0.05) is 29.3 Å². The molecule has 0 spiro atoms. The fraction of sp³-hybridized carbons (Fsp3) is 0.500. The number of ether oxygens (including phenoxy) is 1. The molecule has 1 aromatic rings. The highest BCUT2D eigenvalue weighted by Crippen LogP contribution is 2.25. The van der Waals surface area contributed by atoms with Crippen molar-refractivity contribution >= 4 is 23.2 Å². The van der Waals surface area contributed by atoms with Gasteiger partial charge in [0.25, 0.3) is 0 Å². The number of benzene rings is 1. The Labute approximate surface area is 112 Å². The van der Waals surface area contributed by atoms with E-state index in [0.717, 1.165) is 5.56 Å². The SMILES string of the molecule is CC(NCCOCCO)c1ccc(Cl)cc1Cl. The number of hydrogen-bond donors (Lipinski definition) is 2. The topological polar surface area (TPSA) is 41.5 Å². The summed E-state index contributed by atoms with van der Waals surface area (Å²) in [6.07, 6.45) is 0. The van der Waals surface area contributed by atoms with Crippen LogP contribution in [-0.2, 0) is 4.74 Å². The van der Waals surface area contributed by atoms with Crippen molar-refractivity contribution in [2.45, 2.75) is 13.0 Å². The van der Waals surface area contributed by atoms with E-state index < -0.39 is 0 Å². The first kappa shape index (κ1) is 14.7. The molecule has 17 heavy (non-hydrogen) atoms. The molecule has 0 amide bonds. The lowest BCUT2D eigenvalue weighted by Crippen LogP contribution is -2.24. The lowest BCUT2D eigenvalue weighted by Gasteiger charge is -2.15. The predicted octanol–water partition coefficient (Wildman–Crippen LogP) is 2.65. The summed E-state index contributed by atoms with van der Waals surface area (Å²) < 4.78 is 5.15. The summed E-state index contributed by atoms with van der Waals surface area (Å²) in [4.78, 5) is 0. The van der Waals surface area contributed by atoms with Crippen molar-refractivity contribution in [2.75, 3.05) is 26.4 Å². The highest BCUT2D eigenvalue weighted by Gasteiger charge is 2.08. The summed E-state index contributed by atoms with van der Waals surface area (Å²) in [5.41, 5.74) is 1.01. The summed E-state index contributed by atoms with van der Waals surface area (Å²) in [6, 6.07) is 5.61. The second kappa shape index (κ2) is 7.90. The van der Waals surface area contributed by atoms with E-state index in [2.05, 4.69) is 5.32 Å². The van der Waals surface area contributed by atoms with Crippen molar-refractivity contribution in [1.82, 2.24) is 5.32 Å². The van der Waals surface area contributed by atoms with E-state index in [1.54, 1.807) is 6.07 Å². The first-order valence-corrected chi connectivity index (χ1v) is 6.27. The second-order valence-electron chi connectivity index (χ2n) is 3.68. The number of nitrogens with one attached hydrogen (secondary N) is 1. The third-order valence-corrected chi connectivity index (χ3v) is 2.92. The molecular weight excluding hydrogens is 261 g/mol. The Hall–Kier alpha value is -0.320. The summed E-state index contributed by atoms with van der Waals surface area (Å²) >= 11 is 11.9. The van der Waals surface area contributed by atoms with Gasteiger partial charge < -0.3 is 15.2 Å². The Morgan fingerprint density at radius 3 is 2.76 bits per heavy atom. The second-order valence-corrected chi connectivity index (χ2v) is 4.52. The van der Waals surface area contributed by atoms with Crippen LogP contribution >= 0.6 is 23.2 Å². The van der Waals surface area contributed by atoms with Crippen molar-refractivity contribution in [1.29, 1.82) is 0 Å². The first-order chi connectivity index (χ1) is 8.15. The molecule has 1 aromatic carbocycles. The average Bonchev–Trinajstić information content (AvgIpc) is 2.28. The molecule has 0 aliphatic carbocycles. The molecule has 0 saturated carbocycles. The largest absolute Gasteiger partial charge is 0.394 e. The fourth-order valence-electron chi connectivity index (χ4n) is 1.48. The molecule has 1 rings (SSSR count). The van der Waals surface area contributed by atoms with Crippen LogP contribution in [0.4, 0.5) is 0 Å². The van der Waals surface area contributed by atoms with Gasteiger partial charge in [0.05, 0.1) is 19.8 Å². The molecule has 0 radical (unpaired) electrons. The van der Waals surface area contributed by atoms with Crippen LogP contribution in [-0.4, -0.2) is 31.5 Å². The highest BCUT2D eigenvalue weighted by atomic mass is 35.5. The molecule has 0 aliphatic rings. The Balaban J connectivity index is 2.38. The minimum absolute atomic E-state index is 0.0541. The Morgan fingerprint density at radius 1 is 1.35 bits per heavy atom. The summed E-state index contributed by atoms with van der Waals surface area (Å²) in [5, 5.41) is 13.1. The van der Waals surface area contributed by atoms with E-state index in [-0.39, 0.29) is 12.6 Å².